The molecule has 0 fully saturated rings. The molecular formula is C32H40N4O5S. The van der Waals surface area contributed by atoms with Crippen LogP contribution in [0, 0.1) is 0 Å². The maximum atomic E-state index is 14.2. The topological polar surface area (TPSA) is 130 Å². The number of amides is 3. The lowest BCUT2D eigenvalue weighted by atomic mass is 9.98. The van der Waals surface area contributed by atoms with Gasteiger partial charge in [0.05, 0.1) is 6.26 Å². The van der Waals surface area contributed by atoms with Gasteiger partial charge >= 0.3 is 0 Å². The van der Waals surface area contributed by atoms with Crippen molar-refractivity contribution in [3.8, 4) is 0 Å². The Labute approximate surface area is 248 Å². The van der Waals surface area contributed by atoms with E-state index in [9.17, 15) is 22.8 Å². The summed E-state index contributed by atoms with van der Waals surface area (Å²) in [6.07, 6.45) is 4.68. The molecule has 0 aliphatic carbocycles. The highest BCUT2D eigenvalue weighted by Gasteiger charge is 2.35. The first-order valence-electron chi connectivity index (χ1n) is 13.7. The molecule has 9 nitrogen and oxygen atoms in total. The quantitative estimate of drug-likeness (QED) is 0.311. The van der Waals surface area contributed by atoms with Crippen LogP contribution in [0.3, 0.4) is 0 Å². The minimum atomic E-state index is -3.88. The molecule has 10 heteroatoms. The second kappa shape index (κ2) is 13.8. The Balaban J connectivity index is 1.98. The summed E-state index contributed by atoms with van der Waals surface area (Å²) in [7, 11) is -0.886. The van der Waals surface area contributed by atoms with E-state index in [-0.39, 0.29) is 12.8 Å². The van der Waals surface area contributed by atoms with Crippen LogP contribution in [-0.4, -0.2) is 73.9 Å². The molecular weight excluding hydrogens is 552 g/mol. The zero-order valence-electron chi connectivity index (χ0n) is 24.8. The molecule has 2 atom stereocenters. The monoisotopic (exact) mass is 592 g/mol. The van der Waals surface area contributed by atoms with E-state index in [4.69, 9.17) is 5.73 Å². The van der Waals surface area contributed by atoms with Gasteiger partial charge in [-0.2, -0.15) is 0 Å². The first kappa shape index (κ1) is 32.5. The fourth-order valence-electron chi connectivity index (χ4n) is 4.60. The number of nitrogens with zero attached hydrogens (tertiary/aromatic N) is 2. The second-order valence-electron chi connectivity index (χ2n) is 11.3. The van der Waals surface area contributed by atoms with E-state index in [1.807, 2.05) is 67.1 Å². The third-order valence-electron chi connectivity index (χ3n) is 6.92. The molecule has 3 rings (SSSR count). The molecule has 42 heavy (non-hydrogen) atoms. The van der Waals surface area contributed by atoms with Crippen molar-refractivity contribution >= 4 is 38.5 Å². The average molecular weight is 593 g/mol. The van der Waals surface area contributed by atoms with E-state index >= 15 is 0 Å². The molecule has 3 aromatic carbocycles. The van der Waals surface area contributed by atoms with Crippen molar-refractivity contribution in [2.75, 3.05) is 20.4 Å². The number of carbonyl (C=O) groups excluding carboxylic acids is 3. The number of nitrogens with two attached hydrogens (primary N) is 1. The molecule has 0 aliphatic rings. The van der Waals surface area contributed by atoms with Crippen LogP contribution in [0.15, 0.2) is 84.9 Å². The van der Waals surface area contributed by atoms with Gasteiger partial charge in [0, 0.05) is 32.5 Å². The van der Waals surface area contributed by atoms with Gasteiger partial charge < -0.3 is 15.5 Å². The molecule has 3 aromatic rings. The van der Waals surface area contributed by atoms with Crippen molar-refractivity contribution in [2.45, 2.75) is 50.7 Å². The van der Waals surface area contributed by atoms with Gasteiger partial charge in [0.25, 0.3) is 5.91 Å². The number of sulfonamides is 1. The highest BCUT2D eigenvalue weighted by atomic mass is 32.2. The normalized spacial score (nSPS) is 13.5. The molecule has 0 saturated heterocycles. The van der Waals surface area contributed by atoms with Crippen LogP contribution in [0.2, 0.25) is 0 Å². The lowest BCUT2D eigenvalue weighted by Crippen LogP contribution is -2.56. The standard InChI is InChI=1S/C32H40N4O5S/c1-32(2,33)19-11-16-29(37)35(3)28(22-24-17-18-25-14-9-10-15-26(25)20-24)31(39)36(4)27(30(38)34-42(5,40)41)21-23-12-7-6-8-13-23/h6-18,20,27-28H,19,21-22,33H2,1-5H3,(H,34,38)/b16-11+/t27-,28-/m1/s1. The molecule has 0 aromatic heterocycles. The van der Waals surface area contributed by atoms with E-state index in [0.29, 0.717) is 6.42 Å². The Morgan fingerprint density at radius 3 is 2.07 bits per heavy atom. The first-order valence-corrected chi connectivity index (χ1v) is 15.6. The minimum Gasteiger partial charge on any atom is -0.332 e. The van der Waals surface area contributed by atoms with Crippen molar-refractivity contribution in [3.05, 3.63) is 96.1 Å². The fraction of sp³-hybridized carbons (Fsp3) is 0.344. The van der Waals surface area contributed by atoms with E-state index in [0.717, 1.165) is 28.2 Å². The van der Waals surface area contributed by atoms with Crippen LogP contribution < -0.4 is 10.5 Å². The number of hydrogen-bond donors (Lipinski definition) is 2. The predicted molar refractivity (Wildman–Crippen MR) is 166 cm³/mol. The van der Waals surface area contributed by atoms with Crippen molar-refractivity contribution in [2.24, 2.45) is 5.73 Å². The molecule has 0 unspecified atom stereocenters. The number of carbonyl (C=O) groups is 3. The molecule has 0 radical (unpaired) electrons. The first-order chi connectivity index (χ1) is 19.6. The van der Waals surface area contributed by atoms with Gasteiger partial charge in [-0.1, -0.05) is 78.9 Å². The largest absolute Gasteiger partial charge is 0.332 e. The van der Waals surface area contributed by atoms with Gasteiger partial charge in [-0.25, -0.2) is 8.42 Å². The number of nitrogens with one attached hydrogen (secondary N) is 1. The summed E-state index contributed by atoms with van der Waals surface area (Å²) in [6.45, 7) is 3.70. The summed E-state index contributed by atoms with van der Waals surface area (Å²) in [5.74, 6) is -1.73. The van der Waals surface area contributed by atoms with Crippen molar-refractivity contribution in [3.63, 3.8) is 0 Å². The van der Waals surface area contributed by atoms with Crippen LogP contribution in [0.4, 0.5) is 0 Å². The predicted octanol–water partition coefficient (Wildman–Crippen LogP) is 3.04. The Hall–Kier alpha value is -4.02. The van der Waals surface area contributed by atoms with Crippen LogP contribution >= 0.6 is 0 Å². The van der Waals surface area contributed by atoms with Crippen LogP contribution in [-0.2, 0) is 37.2 Å². The van der Waals surface area contributed by atoms with E-state index in [2.05, 4.69) is 0 Å². The molecule has 0 aliphatic heterocycles. The summed E-state index contributed by atoms with van der Waals surface area (Å²) >= 11 is 0. The van der Waals surface area contributed by atoms with Crippen LogP contribution in [0.1, 0.15) is 31.4 Å². The van der Waals surface area contributed by atoms with Gasteiger partial charge in [0.2, 0.25) is 21.8 Å². The van der Waals surface area contributed by atoms with E-state index in [1.54, 1.807) is 37.4 Å². The number of benzene rings is 3. The summed E-state index contributed by atoms with van der Waals surface area (Å²) < 4.78 is 25.9. The zero-order chi connectivity index (χ0) is 31.1. The lowest BCUT2D eigenvalue weighted by Gasteiger charge is -2.34. The van der Waals surface area contributed by atoms with Crippen LogP contribution in [0.5, 0.6) is 0 Å². The number of likely N-dealkylation sites (N-methyl/N-ethyl adjacent to an activating group) is 2. The maximum Gasteiger partial charge on any atom is 0.256 e. The zero-order valence-corrected chi connectivity index (χ0v) is 25.6. The van der Waals surface area contributed by atoms with Gasteiger partial charge in [-0.3, -0.25) is 19.1 Å². The fourth-order valence-corrected chi connectivity index (χ4v) is 5.10. The molecule has 0 bridgehead atoms. The van der Waals surface area contributed by atoms with Gasteiger partial charge in [0.15, 0.2) is 0 Å². The third-order valence-corrected chi connectivity index (χ3v) is 7.50. The maximum absolute atomic E-state index is 14.2. The molecule has 0 heterocycles. The highest BCUT2D eigenvalue weighted by Crippen LogP contribution is 2.20. The molecule has 0 spiro atoms. The molecule has 224 valence electrons. The van der Waals surface area contributed by atoms with E-state index in [1.165, 1.54) is 22.9 Å². The molecule has 3 N–H and O–H groups in total. The van der Waals surface area contributed by atoms with E-state index < -0.39 is 45.4 Å². The van der Waals surface area contributed by atoms with Gasteiger partial charge in [-0.15, -0.1) is 0 Å². The number of fused-ring (bicyclic) bond motifs is 1. The van der Waals surface area contributed by atoms with Gasteiger partial charge in [0.1, 0.15) is 12.1 Å². The SMILES string of the molecule is CN(C(=O)/C=C/CC(C)(C)N)[C@H](Cc1ccc2ccccc2c1)C(=O)N(C)[C@H](Cc1ccccc1)C(=O)NS(C)(=O)=O. The second-order valence-corrected chi connectivity index (χ2v) is 13.1. The Morgan fingerprint density at radius 2 is 1.45 bits per heavy atom. The van der Waals surface area contributed by atoms with Crippen molar-refractivity contribution in [1.82, 2.24) is 14.5 Å². The Kier molecular flexibility index (Phi) is 10.6. The van der Waals surface area contributed by atoms with Crippen molar-refractivity contribution < 1.29 is 22.8 Å². The lowest BCUT2D eigenvalue weighted by molar-refractivity contribution is -0.145. The van der Waals surface area contributed by atoms with Crippen LogP contribution in [0.25, 0.3) is 10.8 Å². The summed E-state index contributed by atoms with van der Waals surface area (Å²) in [5, 5.41) is 2.03. The average Bonchev–Trinajstić information content (AvgIpc) is 2.92. The molecule has 0 saturated carbocycles. The summed E-state index contributed by atoms with van der Waals surface area (Å²) in [4.78, 5) is 43.2. The summed E-state index contributed by atoms with van der Waals surface area (Å²) in [6, 6.07) is 20.6. The van der Waals surface area contributed by atoms with Crippen molar-refractivity contribution in [1.29, 1.82) is 0 Å². The Morgan fingerprint density at radius 1 is 0.857 bits per heavy atom. The van der Waals surface area contributed by atoms with Gasteiger partial charge in [-0.05, 0) is 48.2 Å². The smallest absolute Gasteiger partial charge is 0.256 e. The minimum absolute atomic E-state index is 0.0796. The third kappa shape index (κ3) is 9.53. The summed E-state index contributed by atoms with van der Waals surface area (Å²) in [5.41, 5.74) is 7.11. The number of hydrogen-bond acceptors (Lipinski definition) is 6. The number of rotatable bonds is 12. The highest BCUT2D eigenvalue weighted by molar-refractivity contribution is 7.89. The molecule has 3 amide bonds. The Bertz CT molecular complexity index is 1550.